The van der Waals surface area contributed by atoms with E-state index in [1.807, 2.05) is 30.3 Å². The topological polar surface area (TPSA) is 125 Å². The molecule has 1 unspecified atom stereocenters. The SMILES string of the molecule is CC(=O)[C@@]1(O)CC[C@H]2[C@@H]3CCC4=CC(=NOCC(=O)NC(Cc5ccccc5)C(=O)O)CC[C@]4(C)[C@H]3CC[C@@]21C. The first-order chi connectivity index (χ1) is 19.0. The van der Waals surface area contributed by atoms with Crippen LogP contribution in [0.1, 0.15) is 77.7 Å². The number of rotatable bonds is 8. The lowest BCUT2D eigenvalue weighted by molar-refractivity contribution is -0.159. The summed E-state index contributed by atoms with van der Waals surface area (Å²) in [5.41, 5.74) is 1.54. The van der Waals surface area contributed by atoms with Crippen LogP contribution < -0.4 is 5.32 Å². The van der Waals surface area contributed by atoms with Crippen molar-refractivity contribution in [1.82, 2.24) is 5.32 Å². The van der Waals surface area contributed by atoms with Crippen molar-refractivity contribution in [3.8, 4) is 0 Å². The van der Waals surface area contributed by atoms with Gasteiger partial charge in [0.25, 0.3) is 5.91 Å². The molecular weight excluding hydrogens is 508 g/mol. The molecule has 4 aliphatic carbocycles. The molecule has 0 bridgehead atoms. The van der Waals surface area contributed by atoms with E-state index in [1.54, 1.807) is 6.92 Å². The first-order valence-electron chi connectivity index (χ1n) is 14.7. The highest BCUT2D eigenvalue weighted by Crippen LogP contribution is 2.67. The molecule has 8 nitrogen and oxygen atoms in total. The smallest absolute Gasteiger partial charge is 0.326 e. The Kier molecular flexibility index (Phi) is 7.68. The predicted octanol–water partition coefficient (Wildman–Crippen LogP) is 4.45. The standard InChI is InChI=1S/C32H42N2O6/c1-20(35)32(39)16-13-26-24-10-9-22-18-23(11-14-30(22,2)25(24)12-15-31(26,32)3)34-40-19-28(36)33-27(29(37)38)17-21-7-5-4-6-8-21/h4-8,18,24-27,39H,9-17,19H2,1-3H3,(H,33,36)(H,37,38)/t24-,25+,26+,27?,30+,31+,32+/m1/s1. The summed E-state index contributed by atoms with van der Waals surface area (Å²) in [6, 6.07) is 8.14. The normalized spacial score (nSPS) is 36.5. The number of aliphatic carboxylic acids is 1. The van der Waals surface area contributed by atoms with Gasteiger partial charge in [0.05, 0.1) is 5.71 Å². The van der Waals surface area contributed by atoms with Gasteiger partial charge in [-0.25, -0.2) is 4.79 Å². The number of fused-ring (bicyclic) bond motifs is 5. The Hall–Kier alpha value is -3.00. The first kappa shape index (κ1) is 28.5. The summed E-state index contributed by atoms with van der Waals surface area (Å²) in [6.07, 6.45) is 9.42. The van der Waals surface area contributed by atoms with Gasteiger partial charge in [0.15, 0.2) is 12.4 Å². The van der Waals surface area contributed by atoms with Crippen LogP contribution >= 0.6 is 0 Å². The van der Waals surface area contributed by atoms with Crippen LogP contribution in [0.5, 0.6) is 0 Å². The van der Waals surface area contributed by atoms with Crippen molar-refractivity contribution in [3.63, 3.8) is 0 Å². The van der Waals surface area contributed by atoms with Crippen LogP contribution in [0.2, 0.25) is 0 Å². The molecule has 0 aliphatic heterocycles. The minimum Gasteiger partial charge on any atom is -0.480 e. The Bertz CT molecular complexity index is 1230. The van der Waals surface area contributed by atoms with E-state index in [0.717, 1.165) is 56.2 Å². The third-order valence-electron chi connectivity index (χ3n) is 11.0. The van der Waals surface area contributed by atoms with Gasteiger partial charge in [0.2, 0.25) is 0 Å². The van der Waals surface area contributed by atoms with Crippen LogP contribution in [0, 0.1) is 28.6 Å². The highest BCUT2D eigenvalue weighted by atomic mass is 16.6. The fraction of sp³-hybridized carbons (Fsp3) is 0.625. The van der Waals surface area contributed by atoms with Crippen LogP contribution in [0.15, 0.2) is 47.1 Å². The van der Waals surface area contributed by atoms with Crippen molar-refractivity contribution in [1.29, 1.82) is 0 Å². The summed E-state index contributed by atoms with van der Waals surface area (Å²) < 4.78 is 0. The van der Waals surface area contributed by atoms with Gasteiger partial charge in [-0.15, -0.1) is 0 Å². The summed E-state index contributed by atoms with van der Waals surface area (Å²) >= 11 is 0. The summed E-state index contributed by atoms with van der Waals surface area (Å²) in [6.45, 7) is 5.72. The Labute approximate surface area is 236 Å². The zero-order valence-corrected chi connectivity index (χ0v) is 23.8. The monoisotopic (exact) mass is 550 g/mol. The number of carbonyl (C=O) groups excluding carboxylic acids is 2. The average molecular weight is 551 g/mol. The third-order valence-corrected chi connectivity index (χ3v) is 11.0. The number of hydrogen-bond acceptors (Lipinski definition) is 6. The van der Waals surface area contributed by atoms with E-state index in [1.165, 1.54) is 5.57 Å². The number of carboxylic acids is 1. The lowest BCUT2D eigenvalue weighted by atomic mass is 9.46. The Balaban J connectivity index is 1.20. The fourth-order valence-electron chi connectivity index (χ4n) is 8.70. The van der Waals surface area contributed by atoms with E-state index in [-0.39, 0.29) is 29.6 Å². The lowest BCUT2D eigenvalue weighted by Crippen LogP contribution is -2.57. The number of nitrogens with one attached hydrogen (secondary N) is 1. The average Bonchev–Trinajstić information content (AvgIpc) is 3.20. The second-order valence-corrected chi connectivity index (χ2v) is 12.9. The second kappa shape index (κ2) is 10.8. The van der Waals surface area contributed by atoms with E-state index in [0.29, 0.717) is 24.2 Å². The zero-order valence-electron chi connectivity index (χ0n) is 23.8. The number of carbonyl (C=O) groups is 3. The summed E-state index contributed by atoms with van der Waals surface area (Å²) in [5, 5.41) is 27.7. The lowest BCUT2D eigenvalue weighted by Gasteiger charge is -2.59. The number of amides is 1. The fourth-order valence-corrected chi connectivity index (χ4v) is 8.70. The number of oxime groups is 1. The highest BCUT2D eigenvalue weighted by Gasteiger charge is 2.65. The Morgan fingerprint density at radius 3 is 2.48 bits per heavy atom. The van der Waals surface area contributed by atoms with Gasteiger partial charge in [-0.05, 0) is 93.1 Å². The number of ketones is 1. The maximum absolute atomic E-state index is 12.5. The van der Waals surface area contributed by atoms with E-state index < -0.39 is 23.5 Å². The van der Waals surface area contributed by atoms with Gasteiger partial charge in [0, 0.05) is 11.8 Å². The van der Waals surface area contributed by atoms with E-state index in [9.17, 15) is 24.6 Å². The molecule has 0 radical (unpaired) electrons. The number of benzene rings is 1. The molecule has 5 rings (SSSR count). The quantitative estimate of drug-likeness (QED) is 0.411. The van der Waals surface area contributed by atoms with Crippen LogP contribution in [0.3, 0.4) is 0 Å². The highest BCUT2D eigenvalue weighted by molar-refractivity contribution is 5.96. The molecular formula is C32H42N2O6. The number of aliphatic hydroxyl groups is 1. The molecule has 0 heterocycles. The van der Waals surface area contributed by atoms with Gasteiger partial charge in [0.1, 0.15) is 11.6 Å². The molecule has 3 saturated carbocycles. The number of nitrogens with zero attached hydrogens (tertiary/aromatic N) is 1. The molecule has 8 heteroatoms. The van der Waals surface area contributed by atoms with Crippen LogP contribution in [-0.4, -0.2) is 51.8 Å². The van der Waals surface area contributed by atoms with Gasteiger partial charge in [-0.3, -0.25) is 9.59 Å². The van der Waals surface area contributed by atoms with E-state index in [4.69, 9.17) is 4.84 Å². The summed E-state index contributed by atoms with van der Waals surface area (Å²) in [4.78, 5) is 41.9. The van der Waals surface area contributed by atoms with Crippen molar-refractivity contribution >= 4 is 23.4 Å². The minimum atomic E-state index is -1.19. The van der Waals surface area contributed by atoms with Gasteiger partial charge in [-0.1, -0.05) is 54.9 Å². The van der Waals surface area contributed by atoms with Crippen molar-refractivity contribution in [2.24, 2.45) is 33.7 Å². The van der Waals surface area contributed by atoms with Gasteiger partial charge >= 0.3 is 5.97 Å². The van der Waals surface area contributed by atoms with Crippen molar-refractivity contribution < 1.29 is 29.4 Å². The number of hydrogen-bond donors (Lipinski definition) is 3. The molecule has 3 fully saturated rings. The zero-order chi connectivity index (χ0) is 28.7. The summed E-state index contributed by atoms with van der Waals surface area (Å²) in [5.74, 6) is -0.306. The van der Waals surface area contributed by atoms with Gasteiger partial charge < -0.3 is 20.4 Å². The molecule has 0 spiro atoms. The molecule has 1 aromatic carbocycles. The molecule has 0 aromatic heterocycles. The third kappa shape index (κ3) is 4.89. The number of allylic oxidation sites excluding steroid dienone is 2. The minimum absolute atomic E-state index is 0.0592. The van der Waals surface area contributed by atoms with E-state index >= 15 is 0 Å². The Morgan fingerprint density at radius 1 is 1.05 bits per heavy atom. The molecule has 0 saturated heterocycles. The van der Waals surface area contributed by atoms with Crippen LogP contribution in [0.4, 0.5) is 0 Å². The molecule has 7 atom stereocenters. The number of carboxylic acid groups (broad SMARTS) is 1. The first-order valence-corrected chi connectivity index (χ1v) is 14.7. The van der Waals surface area contributed by atoms with Crippen molar-refractivity contribution in [2.75, 3.05) is 6.61 Å². The summed E-state index contributed by atoms with van der Waals surface area (Å²) in [7, 11) is 0. The van der Waals surface area contributed by atoms with Crippen molar-refractivity contribution in [2.45, 2.75) is 90.2 Å². The number of Topliss-reactive ketones (excluding diaryl/α,β-unsaturated/α-hetero) is 1. The molecule has 1 aromatic rings. The maximum atomic E-state index is 12.5. The Morgan fingerprint density at radius 2 is 1.77 bits per heavy atom. The van der Waals surface area contributed by atoms with Crippen molar-refractivity contribution in [3.05, 3.63) is 47.5 Å². The predicted molar refractivity (Wildman–Crippen MR) is 150 cm³/mol. The molecule has 3 N–H and O–H groups in total. The molecule has 216 valence electrons. The maximum Gasteiger partial charge on any atom is 0.326 e. The molecule has 1 amide bonds. The largest absolute Gasteiger partial charge is 0.480 e. The van der Waals surface area contributed by atoms with Crippen LogP contribution in [-0.2, 0) is 25.6 Å². The second-order valence-electron chi connectivity index (χ2n) is 12.9. The van der Waals surface area contributed by atoms with E-state index in [2.05, 4.69) is 30.4 Å². The molecule has 40 heavy (non-hydrogen) atoms. The van der Waals surface area contributed by atoms with Crippen LogP contribution in [0.25, 0.3) is 0 Å². The van der Waals surface area contributed by atoms with Gasteiger partial charge in [-0.2, -0.15) is 0 Å². The molecule has 4 aliphatic rings.